The molecule has 1 aromatic carbocycles. The van der Waals surface area contributed by atoms with Crippen LogP contribution in [0.15, 0.2) is 24.3 Å². The van der Waals surface area contributed by atoms with Gasteiger partial charge in [-0.15, -0.1) is 0 Å². The van der Waals surface area contributed by atoms with Crippen LogP contribution in [0.4, 0.5) is 0 Å². The first-order chi connectivity index (χ1) is 7.41. The van der Waals surface area contributed by atoms with Crippen molar-refractivity contribution in [3.05, 3.63) is 30.0 Å². The first kappa shape index (κ1) is 10.9. The number of Topliss-reactive ketones (excluding diaryl/α,β-unsaturated/α-hetero) is 1. The number of nitrogens with zero attached hydrogens (tertiary/aromatic N) is 2. The molecule has 0 saturated carbocycles. The van der Waals surface area contributed by atoms with Crippen LogP contribution in [0, 0.1) is 5.41 Å². The molecule has 0 bridgehead atoms. The molecular weight excluding hydrogens is 200 g/mol. The third-order valence-electron chi connectivity index (χ3n) is 2.65. The topological polar surface area (TPSA) is 34.9 Å². The number of carbonyl (C=O) groups excluding carboxylic acids is 1. The van der Waals surface area contributed by atoms with Gasteiger partial charge in [0.05, 0.1) is 5.52 Å². The molecule has 0 fully saturated rings. The van der Waals surface area contributed by atoms with Gasteiger partial charge in [0.2, 0.25) is 0 Å². The Morgan fingerprint density at radius 3 is 2.50 bits per heavy atom. The van der Waals surface area contributed by atoms with Crippen molar-refractivity contribution in [3.63, 3.8) is 0 Å². The zero-order valence-corrected chi connectivity index (χ0v) is 10.1. The van der Waals surface area contributed by atoms with Crippen molar-refractivity contribution in [1.82, 2.24) is 9.78 Å². The Bertz CT molecular complexity index is 547. The van der Waals surface area contributed by atoms with E-state index in [-0.39, 0.29) is 5.78 Å². The van der Waals surface area contributed by atoms with E-state index in [1.165, 1.54) is 0 Å². The molecule has 84 valence electrons. The quantitative estimate of drug-likeness (QED) is 0.687. The van der Waals surface area contributed by atoms with Crippen LogP contribution in [0.5, 0.6) is 0 Å². The molecule has 1 aromatic heterocycles. The number of rotatable bonds is 1. The summed E-state index contributed by atoms with van der Waals surface area (Å²) in [6, 6.07) is 7.81. The minimum absolute atomic E-state index is 0.0873. The van der Waals surface area contributed by atoms with Gasteiger partial charge in [-0.25, -0.2) is 0 Å². The average molecular weight is 216 g/mol. The van der Waals surface area contributed by atoms with Crippen LogP contribution >= 0.6 is 0 Å². The highest BCUT2D eigenvalue weighted by Crippen LogP contribution is 2.25. The van der Waals surface area contributed by atoms with Gasteiger partial charge in [-0.2, -0.15) is 5.10 Å². The van der Waals surface area contributed by atoms with Crippen LogP contribution in [-0.2, 0) is 7.05 Å². The molecule has 3 heteroatoms. The number of aryl methyl sites for hydroxylation is 1. The van der Waals surface area contributed by atoms with Gasteiger partial charge in [0.25, 0.3) is 0 Å². The first-order valence-electron chi connectivity index (χ1n) is 5.38. The molecule has 0 unspecified atom stereocenters. The molecule has 0 radical (unpaired) electrons. The normalized spacial score (nSPS) is 12.0. The Morgan fingerprint density at radius 2 is 1.88 bits per heavy atom. The van der Waals surface area contributed by atoms with Crippen molar-refractivity contribution in [3.8, 4) is 0 Å². The van der Waals surface area contributed by atoms with Crippen LogP contribution in [0.1, 0.15) is 31.3 Å². The predicted molar refractivity (Wildman–Crippen MR) is 64.5 cm³/mol. The highest BCUT2D eigenvalue weighted by atomic mass is 16.1. The lowest BCUT2D eigenvalue weighted by molar-refractivity contribution is 0.0854. The van der Waals surface area contributed by atoms with Crippen molar-refractivity contribution in [2.24, 2.45) is 12.5 Å². The first-order valence-corrected chi connectivity index (χ1v) is 5.38. The van der Waals surface area contributed by atoms with Crippen LogP contribution in [0.2, 0.25) is 0 Å². The van der Waals surface area contributed by atoms with E-state index >= 15 is 0 Å². The minimum Gasteiger partial charge on any atom is -0.292 e. The minimum atomic E-state index is -0.392. The van der Waals surface area contributed by atoms with Gasteiger partial charge in [0.1, 0.15) is 5.69 Å². The standard InChI is InChI=1S/C13H16N2O/c1-13(2,3)12(16)11-9-7-5-6-8-10(9)15(4)14-11/h5-8H,1-4H3. The number of ketones is 1. The summed E-state index contributed by atoms with van der Waals surface area (Å²) in [5.41, 5.74) is 1.18. The van der Waals surface area contributed by atoms with Gasteiger partial charge in [-0.1, -0.05) is 39.0 Å². The van der Waals surface area contributed by atoms with Crippen molar-refractivity contribution in [2.75, 3.05) is 0 Å². The fourth-order valence-corrected chi connectivity index (χ4v) is 1.74. The molecule has 0 N–H and O–H groups in total. The highest BCUT2D eigenvalue weighted by molar-refractivity contribution is 6.08. The Balaban J connectivity index is 2.67. The molecule has 0 aliphatic rings. The van der Waals surface area contributed by atoms with Crippen molar-refractivity contribution >= 4 is 16.7 Å². The maximum atomic E-state index is 12.2. The monoisotopic (exact) mass is 216 g/mol. The maximum absolute atomic E-state index is 12.2. The van der Waals surface area contributed by atoms with E-state index in [2.05, 4.69) is 5.10 Å². The van der Waals surface area contributed by atoms with Gasteiger partial charge >= 0.3 is 0 Å². The number of carbonyl (C=O) groups is 1. The second-order valence-corrected chi connectivity index (χ2v) is 5.07. The molecule has 0 aliphatic carbocycles. The smallest absolute Gasteiger partial charge is 0.188 e. The van der Waals surface area contributed by atoms with E-state index in [0.29, 0.717) is 5.69 Å². The Morgan fingerprint density at radius 1 is 1.25 bits per heavy atom. The van der Waals surface area contributed by atoms with E-state index < -0.39 is 5.41 Å². The van der Waals surface area contributed by atoms with E-state index in [9.17, 15) is 4.79 Å². The number of fused-ring (bicyclic) bond motifs is 1. The fourth-order valence-electron chi connectivity index (χ4n) is 1.74. The molecule has 3 nitrogen and oxygen atoms in total. The second-order valence-electron chi connectivity index (χ2n) is 5.07. The maximum Gasteiger partial charge on any atom is 0.188 e. The summed E-state index contributed by atoms with van der Waals surface area (Å²) < 4.78 is 1.76. The van der Waals surface area contributed by atoms with E-state index in [4.69, 9.17) is 0 Å². The van der Waals surface area contributed by atoms with Crippen LogP contribution in [0.3, 0.4) is 0 Å². The molecule has 2 rings (SSSR count). The summed E-state index contributed by atoms with van der Waals surface area (Å²) in [6.07, 6.45) is 0. The van der Waals surface area contributed by atoms with Crippen LogP contribution < -0.4 is 0 Å². The number of hydrogen-bond acceptors (Lipinski definition) is 2. The molecule has 0 spiro atoms. The second kappa shape index (κ2) is 3.44. The molecule has 2 aromatic rings. The zero-order valence-electron chi connectivity index (χ0n) is 10.1. The van der Waals surface area contributed by atoms with Crippen molar-refractivity contribution < 1.29 is 4.79 Å². The number of benzene rings is 1. The van der Waals surface area contributed by atoms with Gasteiger partial charge in [-0.3, -0.25) is 9.48 Å². The lowest BCUT2D eigenvalue weighted by Gasteiger charge is -2.14. The summed E-state index contributed by atoms with van der Waals surface area (Å²) in [5, 5.41) is 5.26. The lowest BCUT2D eigenvalue weighted by atomic mass is 9.88. The number of para-hydroxylation sites is 1. The molecular formula is C13H16N2O. The summed E-state index contributed by atoms with van der Waals surface area (Å²) in [4.78, 5) is 12.2. The number of aromatic nitrogens is 2. The Kier molecular flexibility index (Phi) is 2.34. The highest BCUT2D eigenvalue weighted by Gasteiger charge is 2.27. The molecule has 16 heavy (non-hydrogen) atoms. The van der Waals surface area contributed by atoms with E-state index in [1.807, 2.05) is 52.1 Å². The summed E-state index contributed by atoms with van der Waals surface area (Å²) >= 11 is 0. The largest absolute Gasteiger partial charge is 0.292 e. The molecule has 0 amide bonds. The lowest BCUT2D eigenvalue weighted by Crippen LogP contribution is -2.21. The SMILES string of the molecule is Cn1nc(C(=O)C(C)(C)C)c2ccccc21. The van der Waals surface area contributed by atoms with Gasteiger partial charge in [-0.05, 0) is 6.07 Å². The van der Waals surface area contributed by atoms with E-state index in [0.717, 1.165) is 10.9 Å². The van der Waals surface area contributed by atoms with Crippen molar-refractivity contribution in [2.45, 2.75) is 20.8 Å². The van der Waals surface area contributed by atoms with Crippen LogP contribution in [-0.4, -0.2) is 15.6 Å². The van der Waals surface area contributed by atoms with Gasteiger partial charge in [0.15, 0.2) is 5.78 Å². The predicted octanol–water partition coefficient (Wildman–Crippen LogP) is 2.80. The summed E-state index contributed by atoms with van der Waals surface area (Å²) in [6.45, 7) is 5.75. The van der Waals surface area contributed by atoms with Crippen molar-refractivity contribution in [1.29, 1.82) is 0 Å². The van der Waals surface area contributed by atoms with Gasteiger partial charge < -0.3 is 0 Å². The molecule has 0 atom stereocenters. The van der Waals surface area contributed by atoms with Crippen LogP contribution in [0.25, 0.3) is 10.9 Å². The average Bonchev–Trinajstić information content (AvgIpc) is 2.55. The molecule has 0 saturated heterocycles. The fraction of sp³-hybridized carbons (Fsp3) is 0.385. The van der Waals surface area contributed by atoms with E-state index in [1.54, 1.807) is 4.68 Å². The summed E-state index contributed by atoms with van der Waals surface area (Å²) in [5.74, 6) is 0.0873. The summed E-state index contributed by atoms with van der Waals surface area (Å²) in [7, 11) is 1.86. The Labute approximate surface area is 95.1 Å². The Hall–Kier alpha value is -1.64. The van der Waals surface area contributed by atoms with Gasteiger partial charge in [0, 0.05) is 17.8 Å². The molecule has 0 aliphatic heterocycles. The third-order valence-corrected chi connectivity index (χ3v) is 2.65. The third kappa shape index (κ3) is 1.62. The zero-order chi connectivity index (χ0) is 11.9. The number of hydrogen-bond donors (Lipinski definition) is 0. The molecule has 1 heterocycles.